The lowest BCUT2D eigenvalue weighted by Crippen LogP contribution is -2.45. The van der Waals surface area contributed by atoms with E-state index in [9.17, 15) is 4.79 Å². The lowest BCUT2D eigenvalue weighted by atomic mass is 9.94. The van der Waals surface area contributed by atoms with Crippen molar-refractivity contribution in [3.8, 4) is 11.5 Å². The maximum Gasteiger partial charge on any atom is 0.241 e. The highest BCUT2D eigenvalue weighted by Gasteiger charge is 2.25. The molecule has 1 fully saturated rings. The fourth-order valence-corrected chi connectivity index (χ4v) is 2.64. The lowest BCUT2D eigenvalue weighted by molar-refractivity contribution is -0.119. The Hall–Kier alpha value is -1.75. The fourth-order valence-electron chi connectivity index (χ4n) is 2.64. The van der Waals surface area contributed by atoms with Crippen molar-refractivity contribution < 1.29 is 14.3 Å². The molecule has 116 valence electrons. The normalized spacial score (nSPS) is 21.7. The number of ether oxygens (including phenoxy) is 2. The minimum absolute atomic E-state index is 0.0110. The number of hydrogen-bond donors (Lipinski definition) is 2. The molecule has 0 saturated carbocycles. The van der Waals surface area contributed by atoms with Crippen molar-refractivity contribution >= 4 is 11.6 Å². The topological polar surface area (TPSA) is 59.6 Å². The second-order valence-electron chi connectivity index (χ2n) is 5.65. The molecular formula is C16H24N2O3. The largest absolute Gasteiger partial charge is 0.493 e. The Morgan fingerprint density at radius 3 is 2.57 bits per heavy atom. The Kier molecular flexibility index (Phi) is 5.07. The predicted octanol–water partition coefficient (Wildman–Crippen LogP) is 2.34. The molecule has 0 bridgehead atoms. The Bertz CT molecular complexity index is 516. The van der Waals surface area contributed by atoms with Crippen LogP contribution in [0.5, 0.6) is 11.5 Å². The molecule has 1 aromatic carbocycles. The number of anilines is 1. The van der Waals surface area contributed by atoms with Crippen LogP contribution in [0.2, 0.25) is 0 Å². The Morgan fingerprint density at radius 2 is 1.95 bits per heavy atom. The van der Waals surface area contributed by atoms with Gasteiger partial charge in [0.15, 0.2) is 11.5 Å². The van der Waals surface area contributed by atoms with Gasteiger partial charge in [0.1, 0.15) is 0 Å². The van der Waals surface area contributed by atoms with E-state index in [1.807, 2.05) is 13.0 Å². The Balaban J connectivity index is 2.13. The van der Waals surface area contributed by atoms with E-state index < -0.39 is 0 Å². The number of carbonyl (C=O) groups excluding carboxylic acids is 1. The van der Waals surface area contributed by atoms with Crippen molar-refractivity contribution in [2.45, 2.75) is 32.7 Å². The van der Waals surface area contributed by atoms with Crippen LogP contribution in [-0.2, 0) is 4.79 Å². The second-order valence-corrected chi connectivity index (χ2v) is 5.65. The summed E-state index contributed by atoms with van der Waals surface area (Å²) in [6.45, 7) is 5.02. The summed E-state index contributed by atoms with van der Waals surface area (Å²) in [6, 6.07) is 3.55. The zero-order chi connectivity index (χ0) is 15.4. The van der Waals surface area contributed by atoms with E-state index >= 15 is 0 Å². The van der Waals surface area contributed by atoms with Crippen molar-refractivity contribution in [1.29, 1.82) is 0 Å². The molecule has 5 heteroatoms. The van der Waals surface area contributed by atoms with Crippen LogP contribution in [0, 0.1) is 12.8 Å². The molecule has 1 amide bonds. The molecule has 21 heavy (non-hydrogen) atoms. The first-order chi connectivity index (χ1) is 10.0. The number of methoxy groups -OCH3 is 2. The average Bonchev–Trinajstić information content (AvgIpc) is 2.48. The molecule has 0 spiro atoms. The molecule has 2 N–H and O–H groups in total. The summed E-state index contributed by atoms with van der Waals surface area (Å²) in [5.41, 5.74) is 1.71. The third-order valence-electron chi connectivity index (χ3n) is 3.97. The number of carbonyl (C=O) groups is 1. The molecule has 2 rings (SSSR count). The van der Waals surface area contributed by atoms with E-state index in [0.29, 0.717) is 17.4 Å². The molecule has 0 aliphatic carbocycles. The third-order valence-corrected chi connectivity index (χ3v) is 3.97. The molecule has 1 aliphatic rings. The quantitative estimate of drug-likeness (QED) is 0.894. The molecule has 0 aromatic heterocycles. The number of piperidine rings is 1. The van der Waals surface area contributed by atoms with Crippen LogP contribution in [0.1, 0.15) is 25.3 Å². The maximum absolute atomic E-state index is 12.4. The SMILES string of the molecule is COc1cc(C)c(NC(=O)C2CC(C)CCN2)cc1OC. The Morgan fingerprint density at radius 1 is 1.29 bits per heavy atom. The van der Waals surface area contributed by atoms with Crippen LogP contribution in [0.3, 0.4) is 0 Å². The van der Waals surface area contributed by atoms with E-state index in [1.54, 1.807) is 20.3 Å². The standard InChI is InChI=1S/C16H24N2O3/c1-10-5-6-17-13(7-10)16(19)18-12-9-15(21-4)14(20-3)8-11(12)2/h8-10,13,17H,5-7H2,1-4H3,(H,18,19). The van der Waals surface area contributed by atoms with Gasteiger partial charge in [0.05, 0.1) is 20.3 Å². The highest BCUT2D eigenvalue weighted by molar-refractivity contribution is 5.95. The summed E-state index contributed by atoms with van der Waals surface area (Å²) in [4.78, 5) is 12.4. The van der Waals surface area contributed by atoms with Gasteiger partial charge in [-0.25, -0.2) is 0 Å². The molecule has 2 atom stereocenters. The van der Waals surface area contributed by atoms with Crippen LogP contribution in [0.4, 0.5) is 5.69 Å². The highest BCUT2D eigenvalue weighted by atomic mass is 16.5. The monoisotopic (exact) mass is 292 g/mol. The van der Waals surface area contributed by atoms with Crippen molar-refractivity contribution in [3.63, 3.8) is 0 Å². The number of rotatable bonds is 4. The molecule has 1 aliphatic heterocycles. The first-order valence-electron chi connectivity index (χ1n) is 7.32. The van der Waals surface area contributed by atoms with E-state index in [-0.39, 0.29) is 11.9 Å². The summed E-state index contributed by atoms with van der Waals surface area (Å²) >= 11 is 0. The van der Waals surface area contributed by atoms with Gasteiger partial charge in [0.2, 0.25) is 5.91 Å². The van der Waals surface area contributed by atoms with Crippen LogP contribution < -0.4 is 20.1 Å². The summed E-state index contributed by atoms with van der Waals surface area (Å²) in [6.07, 6.45) is 2.00. The second kappa shape index (κ2) is 6.80. The predicted molar refractivity (Wildman–Crippen MR) is 83.1 cm³/mol. The molecule has 0 radical (unpaired) electrons. The van der Waals surface area contributed by atoms with Crippen LogP contribution in [-0.4, -0.2) is 32.7 Å². The number of benzene rings is 1. The zero-order valence-corrected chi connectivity index (χ0v) is 13.2. The summed E-state index contributed by atoms with van der Waals surface area (Å²) in [7, 11) is 3.19. The molecule has 1 aromatic rings. The first kappa shape index (κ1) is 15.6. The fraction of sp³-hybridized carbons (Fsp3) is 0.562. The maximum atomic E-state index is 12.4. The van der Waals surface area contributed by atoms with Gasteiger partial charge in [-0.15, -0.1) is 0 Å². The van der Waals surface area contributed by atoms with E-state index in [1.165, 1.54) is 0 Å². The minimum atomic E-state index is -0.124. The Labute approximate surface area is 126 Å². The summed E-state index contributed by atoms with van der Waals surface area (Å²) in [5, 5.41) is 6.26. The first-order valence-corrected chi connectivity index (χ1v) is 7.32. The smallest absolute Gasteiger partial charge is 0.241 e. The van der Waals surface area contributed by atoms with Crippen molar-refractivity contribution in [1.82, 2.24) is 5.32 Å². The van der Waals surface area contributed by atoms with Crippen LogP contribution in [0.15, 0.2) is 12.1 Å². The molecule has 2 unspecified atom stereocenters. The van der Waals surface area contributed by atoms with Gasteiger partial charge in [0, 0.05) is 11.8 Å². The summed E-state index contributed by atoms with van der Waals surface area (Å²) in [5.74, 6) is 1.87. The number of aryl methyl sites for hydroxylation is 1. The molecule has 5 nitrogen and oxygen atoms in total. The van der Waals surface area contributed by atoms with Gasteiger partial charge in [-0.2, -0.15) is 0 Å². The number of hydrogen-bond acceptors (Lipinski definition) is 4. The van der Waals surface area contributed by atoms with Gasteiger partial charge in [-0.3, -0.25) is 4.79 Å². The van der Waals surface area contributed by atoms with Crippen LogP contribution >= 0.6 is 0 Å². The molecular weight excluding hydrogens is 268 g/mol. The summed E-state index contributed by atoms with van der Waals surface area (Å²) < 4.78 is 10.5. The van der Waals surface area contributed by atoms with Gasteiger partial charge < -0.3 is 20.1 Å². The van der Waals surface area contributed by atoms with Crippen molar-refractivity contribution in [3.05, 3.63) is 17.7 Å². The van der Waals surface area contributed by atoms with Crippen molar-refractivity contribution in [2.75, 3.05) is 26.1 Å². The lowest BCUT2D eigenvalue weighted by Gasteiger charge is -2.27. The molecule has 1 saturated heterocycles. The molecule has 1 heterocycles. The highest BCUT2D eigenvalue weighted by Crippen LogP contribution is 2.33. The minimum Gasteiger partial charge on any atom is -0.493 e. The van der Waals surface area contributed by atoms with Gasteiger partial charge in [-0.1, -0.05) is 6.92 Å². The van der Waals surface area contributed by atoms with Crippen molar-refractivity contribution in [2.24, 2.45) is 5.92 Å². The van der Waals surface area contributed by atoms with Gasteiger partial charge >= 0.3 is 0 Å². The number of amides is 1. The van der Waals surface area contributed by atoms with Gasteiger partial charge in [0.25, 0.3) is 0 Å². The third kappa shape index (κ3) is 3.67. The van der Waals surface area contributed by atoms with E-state index in [4.69, 9.17) is 9.47 Å². The van der Waals surface area contributed by atoms with Crippen LogP contribution in [0.25, 0.3) is 0 Å². The number of nitrogens with one attached hydrogen (secondary N) is 2. The van der Waals surface area contributed by atoms with Gasteiger partial charge in [-0.05, 0) is 43.9 Å². The van der Waals surface area contributed by atoms with E-state index in [2.05, 4.69) is 17.6 Å². The zero-order valence-electron chi connectivity index (χ0n) is 13.2. The van der Waals surface area contributed by atoms with E-state index in [0.717, 1.165) is 30.6 Å². The average molecular weight is 292 g/mol.